The Kier molecular flexibility index (Phi) is 5.72. The molecule has 0 N–H and O–H groups in total. The zero-order chi connectivity index (χ0) is 14.8. The van der Waals surface area contributed by atoms with Crippen molar-refractivity contribution < 1.29 is 4.43 Å². The Bertz CT molecular complexity index is 214. The molecule has 0 saturated heterocycles. The molecule has 18 heavy (non-hydrogen) atoms. The van der Waals surface area contributed by atoms with Gasteiger partial charge in [0.1, 0.15) is 0 Å². The Balaban J connectivity index is 5.61. The molecule has 2 heteroatoms. The van der Waals surface area contributed by atoms with E-state index in [1.807, 2.05) is 0 Å². The lowest BCUT2D eigenvalue weighted by atomic mass is 10.2. The van der Waals surface area contributed by atoms with E-state index in [1.54, 1.807) is 0 Å². The maximum absolute atomic E-state index is 6.70. The van der Waals surface area contributed by atoms with Crippen LogP contribution < -0.4 is 0 Å². The molecule has 0 heterocycles. The highest BCUT2D eigenvalue weighted by Gasteiger charge is 2.61. The monoisotopic (exact) mass is 272 g/mol. The fourth-order valence-electron chi connectivity index (χ4n) is 4.39. The highest BCUT2D eigenvalue weighted by atomic mass is 28.4. The lowest BCUT2D eigenvalue weighted by Crippen LogP contribution is -2.60. The average molecular weight is 273 g/mol. The van der Waals surface area contributed by atoms with E-state index in [4.69, 9.17) is 4.43 Å². The number of hydrogen-bond acceptors (Lipinski definition) is 1. The second kappa shape index (κ2) is 5.66. The van der Waals surface area contributed by atoms with Crippen molar-refractivity contribution in [2.45, 2.75) is 97.2 Å². The summed E-state index contributed by atoms with van der Waals surface area (Å²) < 4.78 is 6.70. The van der Waals surface area contributed by atoms with Gasteiger partial charge < -0.3 is 4.43 Å². The normalized spacial score (nSPS) is 15.0. The average Bonchev–Trinajstić information content (AvgIpc) is 2.05. The number of hydrogen-bond donors (Lipinski definition) is 0. The van der Waals surface area contributed by atoms with Crippen LogP contribution in [-0.2, 0) is 4.43 Å². The summed E-state index contributed by atoms with van der Waals surface area (Å²) in [5.41, 5.74) is 0. The molecule has 1 nitrogen and oxygen atoms in total. The highest BCUT2D eigenvalue weighted by Crippen LogP contribution is 2.62. The first-order chi connectivity index (χ1) is 7.81. The van der Waals surface area contributed by atoms with Gasteiger partial charge in [0.25, 0.3) is 0 Å². The number of unbranched alkanes of at least 4 members (excludes halogenated alkanes) is 1. The third-order valence-corrected chi connectivity index (χ3v) is 11.0. The molecule has 0 aliphatic carbocycles. The van der Waals surface area contributed by atoms with Gasteiger partial charge in [-0.15, -0.1) is 0 Å². The van der Waals surface area contributed by atoms with Crippen molar-refractivity contribution in [1.29, 1.82) is 0 Å². The van der Waals surface area contributed by atoms with Gasteiger partial charge in [-0.25, -0.2) is 0 Å². The third kappa shape index (κ3) is 3.39. The summed E-state index contributed by atoms with van der Waals surface area (Å²) in [5, 5.41) is 0.742. The lowest BCUT2D eigenvalue weighted by Gasteiger charge is -2.58. The summed E-state index contributed by atoms with van der Waals surface area (Å²) in [4.78, 5) is 0. The van der Waals surface area contributed by atoms with Gasteiger partial charge in [0.15, 0.2) is 0 Å². The third-order valence-electron chi connectivity index (χ3n) is 3.99. The first-order valence-corrected chi connectivity index (χ1v) is 9.36. The van der Waals surface area contributed by atoms with Gasteiger partial charge in [-0.1, -0.05) is 75.7 Å². The summed E-state index contributed by atoms with van der Waals surface area (Å²) in [6.45, 7) is 24.5. The van der Waals surface area contributed by atoms with Crippen LogP contribution in [0.1, 0.15) is 82.1 Å². The van der Waals surface area contributed by atoms with Crippen molar-refractivity contribution in [2.75, 3.05) is 6.61 Å². The fraction of sp³-hybridized carbons (Fsp3) is 1.00. The first kappa shape index (κ1) is 18.2. The molecule has 110 valence electrons. The molecule has 0 atom stereocenters. The molecule has 0 radical (unpaired) electrons. The molecule has 0 aromatic carbocycles. The molecule has 0 saturated carbocycles. The SMILES string of the molecule is CCCCO[Si](C(C)(C)C)(C(C)(C)C)C(C)(C)C. The molecule has 0 fully saturated rings. The summed E-state index contributed by atoms with van der Waals surface area (Å²) in [5.74, 6) is 0. The van der Waals surface area contributed by atoms with Crippen LogP contribution in [0.25, 0.3) is 0 Å². The summed E-state index contributed by atoms with van der Waals surface area (Å²) >= 11 is 0. The van der Waals surface area contributed by atoms with Crippen molar-refractivity contribution in [3.63, 3.8) is 0 Å². The van der Waals surface area contributed by atoms with E-state index in [9.17, 15) is 0 Å². The largest absolute Gasteiger partial charge is 0.415 e. The zero-order valence-corrected chi connectivity index (χ0v) is 15.5. The molecule has 0 spiro atoms. The van der Waals surface area contributed by atoms with E-state index >= 15 is 0 Å². The lowest BCUT2D eigenvalue weighted by molar-refractivity contribution is 0.229. The minimum atomic E-state index is -1.94. The molecule has 0 bridgehead atoms. The van der Waals surface area contributed by atoms with Crippen LogP contribution in [-0.4, -0.2) is 14.9 Å². The van der Waals surface area contributed by atoms with E-state index in [2.05, 4.69) is 69.2 Å². The first-order valence-electron chi connectivity index (χ1n) is 7.45. The van der Waals surface area contributed by atoms with Crippen molar-refractivity contribution >= 4 is 8.32 Å². The smallest absolute Gasteiger partial charge is 0.208 e. The second-order valence-electron chi connectivity index (χ2n) is 8.63. The molecule has 0 amide bonds. The number of rotatable bonds is 4. The maximum Gasteiger partial charge on any atom is 0.208 e. The Labute approximate surface area is 117 Å². The van der Waals surface area contributed by atoms with Crippen LogP contribution in [0.4, 0.5) is 0 Å². The van der Waals surface area contributed by atoms with Crippen molar-refractivity contribution in [2.24, 2.45) is 0 Å². The molecular formula is C16H36OSi. The van der Waals surface area contributed by atoms with Gasteiger partial charge in [0.2, 0.25) is 8.32 Å². The van der Waals surface area contributed by atoms with Crippen LogP contribution in [0.2, 0.25) is 15.1 Å². The Morgan fingerprint density at radius 3 is 1.28 bits per heavy atom. The topological polar surface area (TPSA) is 9.23 Å². The minimum absolute atomic E-state index is 0.247. The summed E-state index contributed by atoms with van der Waals surface area (Å²) in [6.07, 6.45) is 2.39. The van der Waals surface area contributed by atoms with E-state index in [1.165, 1.54) is 12.8 Å². The van der Waals surface area contributed by atoms with E-state index < -0.39 is 8.32 Å². The molecule has 0 aliphatic heterocycles. The van der Waals surface area contributed by atoms with E-state index in [-0.39, 0.29) is 15.1 Å². The van der Waals surface area contributed by atoms with Gasteiger partial charge in [-0.05, 0) is 21.5 Å². The second-order valence-corrected chi connectivity index (χ2v) is 14.8. The Morgan fingerprint density at radius 2 is 1.06 bits per heavy atom. The van der Waals surface area contributed by atoms with Crippen LogP contribution >= 0.6 is 0 Å². The van der Waals surface area contributed by atoms with Crippen LogP contribution in [0.15, 0.2) is 0 Å². The Hall–Kier alpha value is 0.177. The van der Waals surface area contributed by atoms with Crippen LogP contribution in [0.3, 0.4) is 0 Å². The van der Waals surface area contributed by atoms with Gasteiger partial charge in [-0.2, -0.15) is 0 Å². The summed E-state index contributed by atoms with van der Waals surface area (Å²) in [7, 11) is -1.94. The van der Waals surface area contributed by atoms with Gasteiger partial charge in [0.05, 0.1) is 0 Å². The standard InChI is InChI=1S/C16H36OSi/c1-11-12-13-17-18(14(2,3)4,15(5,6)7)16(8,9)10/h11-13H2,1-10H3. The highest BCUT2D eigenvalue weighted by molar-refractivity contribution is 6.82. The summed E-state index contributed by atoms with van der Waals surface area (Å²) in [6, 6.07) is 0. The molecule has 0 unspecified atom stereocenters. The van der Waals surface area contributed by atoms with Crippen LogP contribution in [0.5, 0.6) is 0 Å². The molecule has 0 aromatic rings. The minimum Gasteiger partial charge on any atom is -0.415 e. The van der Waals surface area contributed by atoms with Gasteiger partial charge in [-0.3, -0.25) is 0 Å². The zero-order valence-electron chi connectivity index (χ0n) is 14.5. The Morgan fingerprint density at radius 1 is 0.722 bits per heavy atom. The molecule has 0 aliphatic rings. The molecular weight excluding hydrogens is 236 g/mol. The van der Waals surface area contributed by atoms with Crippen molar-refractivity contribution in [3.05, 3.63) is 0 Å². The maximum atomic E-state index is 6.70. The van der Waals surface area contributed by atoms with Crippen molar-refractivity contribution in [3.8, 4) is 0 Å². The van der Waals surface area contributed by atoms with E-state index in [0.717, 1.165) is 6.61 Å². The predicted molar refractivity (Wildman–Crippen MR) is 85.8 cm³/mol. The predicted octanol–water partition coefficient (Wildman–Crippen LogP) is 6.15. The van der Waals surface area contributed by atoms with Gasteiger partial charge in [0, 0.05) is 6.61 Å². The van der Waals surface area contributed by atoms with Crippen molar-refractivity contribution in [1.82, 2.24) is 0 Å². The van der Waals surface area contributed by atoms with Gasteiger partial charge >= 0.3 is 0 Å². The molecule has 0 aromatic heterocycles. The quantitative estimate of drug-likeness (QED) is 0.440. The van der Waals surface area contributed by atoms with Crippen LogP contribution in [0, 0.1) is 0 Å². The molecule has 0 rings (SSSR count). The van der Waals surface area contributed by atoms with E-state index in [0.29, 0.717) is 0 Å². The fourth-order valence-corrected chi connectivity index (χ4v) is 12.9.